The van der Waals surface area contributed by atoms with E-state index in [2.05, 4.69) is 32.6 Å². The van der Waals surface area contributed by atoms with Crippen LogP contribution in [0.5, 0.6) is 0 Å². The zero-order valence-electron chi connectivity index (χ0n) is 14.8. The Morgan fingerprint density at radius 1 is 1.19 bits per heavy atom. The maximum atomic E-state index is 12.5. The second kappa shape index (κ2) is 6.96. The molecular weight excluding hydrogens is 344 g/mol. The van der Waals surface area contributed by atoms with Crippen molar-refractivity contribution in [2.45, 2.75) is 39.2 Å². The first-order valence-corrected chi connectivity index (χ1v) is 9.66. The van der Waals surface area contributed by atoms with Crippen LogP contribution < -0.4 is 5.32 Å². The van der Waals surface area contributed by atoms with Gasteiger partial charge in [-0.2, -0.15) is 5.10 Å². The van der Waals surface area contributed by atoms with E-state index < -0.39 is 0 Å². The molecule has 0 aliphatic heterocycles. The van der Waals surface area contributed by atoms with Crippen LogP contribution in [0.25, 0.3) is 10.4 Å². The molecule has 132 valence electrons. The number of nitrogens with zero attached hydrogens (tertiary/aromatic N) is 3. The van der Waals surface area contributed by atoms with Gasteiger partial charge in [-0.15, -0.1) is 16.4 Å². The van der Waals surface area contributed by atoms with E-state index in [1.165, 1.54) is 4.88 Å². The van der Waals surface area contributed by atoms with Crippen molar-refractivity contribution in [3.63, 3.8) is 0 Å². The lowest BCUT2D eigenvalue weighted by Gasteiger charge is -2.14. The van der Waals surface area contributed by atoms with E-state index in [0.717, 1.165) is 47.3 Å². The van der Waals surface area contributed by atoms with Crippen molar-refractivity contribution in [3.05, 3.63) is 64.1 Å². The number of fused-ring (bicyclic) bond motifs is 1. The SMILES string of the molecule is Cc1ncsc1-c1ccc([C@@H](C)NC(=O)c2cc3c(nn2)CCC3)cc1. The molecule has 1 N–H and O–H groups in total. The fraction of sp³-hybridized carbons (Fsp3) is 0.300. The molecule has 5 nitrogen and oxygen atoms in total. The molecule has 1 atom stereocenters. The molecule has 6 heteroatoms. The highest BCUT2D eigenvalue weighted by Gasteiger charge is 2.18. The summed E-state index contributed by atoms with van der Waals surface area (Å²) in [6, 6.07) is 10.0. The summed E-state index contributed by atoms with van der Waals surface area (Å²) in [7, 11) is 0. The molecule has 2 aromatic heterocycles. The van der Waals surface area contributed by atoms with E-state index in [9.17, 15) is 4.79 Å². The third-order valence-electron chi connectivity index (χ3n) is 4.82. The number of rotatable bonds is 4. The van der Waals surface area contributed by atoms with E-state index in [0.29, 0.717) is 5.69 Å². The van der Waals surface area contributed by atoms with Gasteiger partial charge in [0.15, 0.2) is 5.69 Å². The Kier molecular flexibility index (Phi) is 4.51. The highest BCUT2D eigenvalue weighted by atomic mass is 32.1. The molecule has 4 rings (SSSR count). The minimum atomic E-state index is -0.179. The number of aryl methyl sites for hydroxylation is 3. The average Bonchev–Trinajstić information content (AvgIpc) is 3.29. The molecule has 1 amide bonds. The Morgan fingerprint density at radius 2 is 2.00 bits per heavy atom. The van der Waals surface area contributed by atoms with Gasteiger partial charge in [0.25, 0.3) is 5.91 Å². The Morgan fingerprint density at radius 3 is 2.73 bits per heavy atom. The van der Waals surface area contributed by atoms with E-state index in [-0.39, 0.29) is 11.9 Å². The normalized spacial score (nSPS) is 14.1. The summed E-state index contributed by atoms with van der Waals surface area (Å²) in [4.78, 5) is 18.0. The predicted octanol–water partition coefficient (Wildman–Crippen LogP) is 3.89. The number of hydrogen-bond donors (Lipinski definition) is 1. The fourth-order valence-corrected chi connectivity index (χ4v) is 4.11. The lowest BCUT2D eigenvalue weighted by atomic mass is 10.0. The van der Waals surface area contributed by atoms with Crippen molar-refractivity contribution in [3.8, 4) is 10.4 Å². The predicted molar refractivity (Wildman–Crippen MR) is 102 cm³/mol. The molecule has 2 heterocycles. The smallest absolute Gasteiger partial charge is 0.272 e. The molecule has 0 fully saturated rings. The van der Waals surface area contributed by atoms with Crippen molar-refractivity contribution in [2.24, 2.45) is 0 Å². The number of amides is 1. The number of thiazole rings is 1. The summed E-state index contributed by atoms with van der Waals surface area (Å²) in [6.45, 7) is 3.99. The molecule has 1 aliphatic carbocycles. The van der Waals surface area contributed by atoms with Gasteiger partial charge in [-0.3, -0.25) is 4.79 Å². The van der Waals surface area contributed by atoms with Gasteiger partial charge >= 0.3 is 0 Å². The molecule has 1 aliphatic rings. The number of aromatic nitrogens is 3. The molecule has 26 heavy (non-hydrogen) atoms. The van der Waals surface area contributed by atoms with Crippen LogP contribution >= 0.6 is 11.3 Å². The molecule has 0 saturated heterocycles. The monoisotopic (exact) mass is 364 g/mol. The first-order valence-electron chi connectivity index (χ1n) is 8.78. The maximum Gasteiger partial charge on any atom is 0.272 e. The van der Waals surface area contributed by atoms with Crippen LogP contribution in [-0.2, 0) is 12.8 Å². The largest absolute Gasteiger partial charge is 0.344 e. The second-order valence-corrected chi connectivity index (χ2v) is 7.49. The Balaban J connectivity index is 1.47. The van der Waals surface area contributed by atoms with Gasteiger partial charge in [-0.1, -0.05) is 24.3 Å². The summed E-state index contributed by atoms with van der Waals surface area (Å²) >= 11 is 1.64. The summed E-state index contributed by atoms with van der Waals surface area (Å²) in [5.41, 5.74) is 7.69. The van der Waals surface area contributed by atoms with Crippen molar-refractivity contribution < 1.29 is 4.79 Å². The lowest BCUT2D eigenvalue weighted by molar-refractivity contribution is 0.0933. The topological polar surface area (TPSA) is 67.8 Å². The van der Waals surface area contributed by atoms with Crippen LogP contribution in [0.3, 0.4) is 0 Å². The minimum Gasteiger partial charge on any atom is -0.344 e. The first kappa shape index (κ1) is 16.8. The summed E-state index contributed by atoms with van der Waals surface area (Å²) in [5.74, 6) is -0.179. The van der Waals surface area contributed by atoms with Gasteiger partial charge in [-0.25, -0.2) is 4.98 Å². The first-order chi connectivity index (χ1) is 12.6. The zero-order chi connectivity index (χ0) is 18.1. The lowest BCUT2D eigenvalue weighted by Crippen LogP contribution is -2.27. The average molecular weight is 364 g/mol. The molecule has 0 saturated carbocycles. The number of nitrogens with one attached hydrogen (secondary N) is 1. The molecule has 0 radical (unpaired) electrons. The van der Waals surface area contributed by atoms with Crippen LogP contribution in [0.15, 0.2) is 35.8 Å². The number of benzene rings is 1. The van der Waals surface area contributed by atoms with Crippen molar-refractivity contribution in [1.29, 1.82) is 0 Å². The highest BCUT2D eigenvalue weighted by molar-refractivity contribution is 7.13. The third-order valence-corrected chi connectivity index (χ3v) is 5.80. The summed E-state index contributed by atoms with van der Waals surface area (Å²) < 4.78 is 0. The zero-order valence-corrected chi connectivity index (χ0v) is 15.6. The number of carbonyl (C=O) groups excluding carboxylic acids is 1. The molecule has 1 aromatic carbocycles. The Bertz CT molecular complexity index is 949. The van der Waals surface area contributed by atoms with Crippen LogP contribution in [0, 0.1) is 6.92 Å². The molecule has 0 unspecified atom stereocenters. The quantitative estimate of drug-likeness (QED) is 0.763. The molecule has 0 spiro atoms. The van der Waals surface area contributed by atoms with Gasteiger partial charge in [0.2, 0.25) is 0 Å². The van der Waals surface area contributed by atoms with Crippen LogP contribution in [-0.4, -0.2) is 21.1 Å². The summed E-state index contributed by atoms with van der Waals surface area (Å²) in [6.07, 6.45) is 3.04. The van der Waals surface area contributed by atoms with E-state index >= 15 is 0 Å². The van der Waals surface area contributed by atoms with Gasteiger partial charge in [-0.05, 0) is 55.9 Å². The molecule has 3 aromatic rings. The van der Waals surface area contributed by atoms with Crippen LogP contribution in [0.1, 0.15) is 52.4 Å². The van der Waals surface area contributed by atoms with E-state index in [4.69, 9.17) is 0 Å². The molecule has 0 bridgehead atoms. The van der Waals surface area contributed by atoms with E-state index in [1.54, 1.807) is 11.3 Å². The molecular formula is C20H20N4OS. The Hall–Kier alpha value is -2.60. The second-order valence-electron chi connectivity index (χ2n) is 6.64. The number of hydrogen-bond acceptors (Lipinski definition) is 5. The third kappa shape index (κ3) is 3.24. The summed E-state index contributed by atoms with van der Waals surface area (Å²) in [5, 5.41) is 11.3. The van der Waals surface area contributed by atoms with Gasteiger partial charge in [0.05, 0.1) is 27.8 Å². The van der Waals surface area contributed by atoms with Crippen molar-refractivity contribution in [2.75, 3.05) is 0 Å². The van der Waals surface area contributed by atoms with Gasteiger partial charge in [0, 0.05) is 0 Å². The van der Waals surface area contributed by atoms with Gasteiger partial charge < -0.3 is 5.32 Å². The highest BCUT2D eigenvalue weighted by Crippen LogP contribution is 2.28. The van der Waals surface area contributed by atoms with Crippen molar-refractivity contribution in [1.82, 2.24) is 20.5 Å². The fourth-order valence-electron chi connectivity index (χ4n) is 3.30. The van der Waals surface area contributed by atoms with Gasteiger partial charge in [0.1, 0.15) is 0 Å². The van der Waals surface area contributed by atoms with Crippen LogP contribution in [0.4, 0.5) is 0 Å². The van der Waals surface area contributed by atoms with Crippen molar-refractivity contribution >= 4 is 17.2 Å². The van der Waals surface area contributed by atoms with E-state index in [1.807, 2.05) is 37.6 Å². The standard InChI is InChI=1S/C20H20N4OS/c1-12(14-6-8-15(9-7-14)19-13(2)21-11-26-19)22-20(25)18-10-16-4-3-5-17(16)23-24-18/h6-12H,3-5H2,1-2H3,(H,22,25)/t12-/m1/s1. The number of carbonyl (C=O) groups is 1. The maximum absolute atomic E-state index is 12.5. The minimum absolute atomic E-state index is 0.103. The van der Waals surface area contributed by atoms with Crippen LogP contribution in [0.2, 0.25) is 0 Å². The Labute approximate surface area is 156 Å².